The van der Waals surface area contributed by atoms with Crippen LogP contribution in [0.2, 0.25) is 0 Å². The summed E-state index contributed by atoms with van der Waals surface area (Å²) in [5.74, 6) is 0.261. The van der Waals surface area contributed by atoms with E-state index in [1.165, 1.54) is 7.11 Å². The molecular formula is C10H14N2O3. The summed E-state index contributed by atoms with van der Waals surface area (Å²) < 4.78 is 5.05. The van der Waals surface area contributed by atoms with Crippen molar-refractivity contribution in [2.24, 2.45) is 0 Å². The number of carbonyl (C=O) groups excluding carboxylic acids is 1. The van der Waals surface area contributed by atoms with E-state index in [1.54, 1.807) is 18.2 Å². The second-order valence-corrected chi connectivity index (χ2v) is 2.98. The summed E-state index contributed by atoms with van der Waals surface area (Å²) in [6.07, 6.45) is 0.0535. The van der Waals surface area contributed by atoms with Crippen LogP contribution in [0.15, 0.2) is 18.2 Å². The Balaban J connectivity index is 2.82. The number of amides is 1. The minimum absolute atomic E-state index is 0.0535. The molecular weight excluding hydrogens is 196 g/mol. The van der Waals surface area contributed by atoms with E-state index in [0.29, 0.717) is 17.1 Å². The zero-order valence-electron chi connectivity index (χ0n) is 8.49. The molecule has 0 saturated heterocycles. The highest BCUT2D eigenvalue weighted by Gasteiger charge is 2.07. The predicted octanol–water partition coefficient (Wildman–Crippen LogP) is 0.598. The third kappa shape index (κ3) is 3.14. The lowest BCUT2D eigenvalue weighted by atomic mass is 10.2. The highest BCUT2D eigenvalue weighted by molar-refractivity contribution is 5.92. The molecule has 1 rings (SSSR count). The number of anilines is 2. The highest BCUT2D eigenvalue weighted by Crippen LogP contribution is 2.26. The zero-order valence-corrected chi connectivity index (χ0v) is 8.49. The van der Waals surface area contributed by atoms with Gasteiger partial charge in [0.1, 0.15) is 5.75 Å². The van der Waals surface area contributed by atoms with Gasteiger partial charge in [0.2, 0.25) is 5.91 Å². The largest absolute Gasteiger partial charge is 0.495 e. The second kappa shape index (κ2) is 5.21. The smallest absolute Gasteiger partial charge is 0.226 e. The minimum Gasteiger partial charge on any atom is -0.495 e. The van der Waals surface area contributed by atoms with Crippen molar-refractivity contribution in [3.8, 4) is 5.75 Å². The van der Waals surface area contributed by atoms with Crippen LogP contribution in [0.1, 0.15) is 6.42 Å². The van der Waals surface area contributed by atoms with Crippen molar-refractivity contribution < 1.29 is 14.6 Å². The van der Waals surface area contributed by atoms with Gasteiger partial charge in [0.05, 0.1) is 25.8 Å². The number of aliphatic hydroxyl groups excluding tert-OH is 1. The van der Waals surface area contributed by atoms with Gasteiger partial charge in [0, 0.05) is 5.69 Å². The Morgan fingerprint density at radius 3 is 2.93 bits per heavy atom. The van der Waals surface area contributed by atoms with Crippen molar-refractivity contribution in [3.05, 3.63) is 18.2 Å². The van der Waals surface area contributed by atoms with E-state index < -0.39 is 0 Å². The van der Waals surface area contributed by atoms with Crippen LogP contribution < -0.4 is 15.8 Å². The number of hydrogen-bond donors (Lipinski definition) is 3. The number of nitrogens with one attached hydrogen (secondary N) is 1. The summed E-state index contributed by atoms with van der Waals surface area (Å²) >= 11 is 0. The molecule has 1 amide bonds. The molecule has 0 aromatic heterocycles. The van der Waals surface area contributed by atoms with E-state index in [4.69, 9.17) is 15.6 Å². The number of carbonyl (C=O) groups is 1. The van der Waals surface area contributed by atoms with Crippen LogP contribution in [0.3, 0.4) is 0 Å². The molecule has 0 bridgehead atoms. The van der Waals surface area contributed by atoms with Crippen molar-refractivity contribution in [3.63, 3.8) is 0 Å². The van der Waals surface area contributed by atoms with Crippen LogP contribution in [0.5, 0.6) is 5.75 Å². The molecule has 0 fully saturated rings. The lowest BCUT2D eigenvalue weighted by molar-refractivity contribution is -0.116. The standard InChI is InChI=1S/C10H14N2O3/c1-15-9-3-2-7(11)6-8(9)12-10(14)4-5-13/h2-3,6,13H,4-5,11H2,1H3,(H,12,14). The van der Waals surface area contributed by atoms with Gasteiger partial charge < -0.3 is 20.9 Å². The van der Waals surface area contributed by atoms with Crippen LogP contribution >= 0.6 is 0 Å². The molecule has 0 unspecified atom stereocenters. The molecule has 1 aromatic carbocycles. The lowest BCUT2D eigenvalue weighted by Crippen LogP contribution is -2.13. The zero-order chi connectivity index (χ0) is 11.3. The summed E-state index contributed by atoms with van der Waals surface area (Å²) in [5.41, 5.74) is 6.62. The maximum absolute atomic E-state index is 11.2. The number of benzene rings is 1. The van der Waals surface area contributed by atoms with Crippen molar-refractivity contribution >= 4 is 17.3 Å². The van der Waals surface area contributed by atoms with Crippen LogP contribution in [-0.4, -0.2) is 24.7 Å². The maximum Gasteiger partial charge on any atom is 0.226 e. The summed E-state index contributed by atoms with van der Waals surface area (Å²) in [7, 11) is 1.51. The van der Waals surface area contributed by atoms with E-state index in [-0.39, 0.29) is 18.9 Å². The van der Waals surface area contributed by atoms with Gasteiger partial charge in [-0.2, -0.15) is 0 Å². The second-order valence-electron chi connectivity index (χ2n) is 2.98. The van der Waals surface area contributed by atoms with Gasteiger partial charge in [-0.15, -0.1) is 0 Å². The molecule has 0 atom stereocenters. The monoisotopic (exact) mass is 210 g/mol. The minimum atomic E-state index is -0.276. The topological polar surface area (TPSA) is 84.6 Å². The quantitative estimate of drug-likeness (QED) is 0.635. The number of aliphatic hydroxyl groups is 1. The molecule has 0 heterocycles. The fourth-order valence-corrected chi connectivity index (χ4v) is 1.14. The van der Waals surface area contributed by atoms with Crippen molar-refractivity contribution in [2.75, 3.05) is 24.8 Å². The Bertz CT molecular complexity index is 353. The van der Waals surface area contributed by atoms with Crippen LogP contribution in [-0.2, 0) is 4.79 Å². The molecule has 0 aliphatic rings. The Labute approximate surface area is 87.9 Å². The molecule has 4 N–H and O–H groups in total. The first-order valence-corrected chi connectivity index (χ1v) is 4.51. The van der Waals surface area contributed by atoms with Gasteiger partial charge in [-0.25, -0.2) is 0 Å². The van der Waals surface area contributed by atoms with Crippen molar-refractivity contribution in [2.45, 2.75) is 6.42 Å². The molecule has 5 heteroatoms. The number of methoxy groups -OCH3 is 1. The molecule has 0 aliphatic heterocycles. The summed E-state index contributed by atoms with van der Waals surface area (Å²) in [4.78, 5) is 11.2. The Hall–Kier alpha value is -1.75. The summed E-state index contributed by atoms with van der Waals surface area (Å²) in [6, 6.07) is 4.96. The maximum atomic E-state index is 11.2. The summed E-state index contributed by atoms with van der Waals surface area (Å²) in [5, 5.41) is 11.2. The van der Waals surface area contributed by atoms with E-state index in [9.17, 15) is 4.79 Å². The first-order chi connectivity index (χ1) is 7.17. The molecule has 5 nitrogen and oxygen atoms in total. The van der Waals surface area contributed by atoms with Gasteiger partial charge in [0.25, 0.3) is 0 Å². The Morgan fingerprint density at radius 1 is 1.60 bits per heavy atom. The molecule has 0 radical (unpaired) electrons. The first kappa shape index (κ1) is 11.3. The van der Waals surface area contributed by atoms with Crippen LogP contribution in [0.4, 0.5) is 11.4 Å². The molecule has 15 heavy (non-hydrogen) atoms. The number of hydrogen-bond acceptors (Lipinski definition) is 4. The molecule has 0 spiro atoms. The average Bonchev–Trinajstić information content (AvgIpc) is 2.18. The van der Waals surface area contributed by atoms with E-state index in [0.717, 1.165) is 0 Å². The van der Waals surface area contributed by atoms with Gasteiger partial charge in [0.15, 0.2) is 0 Å². The number of rotatable bonds is 4. The van der Waals surface area contributed by atoms with Gasteiger partial charge >= 0.3 is 0 Å². The fourth-order valence-electron chi connectivity index (χ4n) is 1.14. The first-order valence-electron chi connectivity index (χ1n) is 4.51. The van der Waals surface area contributed by atoms with Gasteiger partial charge in [-0.1, -0.05) is 0 Å². The number of nitrogen functional groups attached to an aromatic ring is 1. The molecule has 0 saturated carbocycles. The number of ether oxygens (including phenoxy) is 1. The molecule has 0 aliphatic carbocycles. The number of nitrogens with two attached hydrogens (primary N) is 1. The van der Waals surface area contributed by atoms with Crippen molar-refractivity contribution in [1.82, 2.24) is 0 Å². The van der Waals surface area contributed by atoms with Crippen molar-refractivity contribution in [1.29, 1.82) is 0 Å². The van der Waals surface area contributed by atoms with Gasteiger partial charge in [-0.05, 0) is 18.2 Å². The highest BCUT2D eigenvalue weighted by atomic mass is 16.5. The third-order valence-corrected chi connectivity index (χ3v) is 1.84. The van der Waals surface area contributed by atoms with Crippen LogP contribution in [0.25, 0.3) is 0 Å². The molecule has 82 valence electrons. The van der Waals surface area contributed by atoms with E-state index >= 15 is 0 Å². The normalized spacial score (nSPS) is 9.73. The van der Waals surface area contributed by atoms with Crippen LogP contribution in [0, 0.1) is 0 Å². The van der Waals surface area contributed by atoms with E-state index in [2.05, 4.69) is 5.32 Å². The lowest BCUT2D eigenvalue weighted by Gasteiger charge is -2.10. The average molecular weight is 210 g/mol. The molecule has 1 aromatic rings. The SMILES string of the molecule is COc1ccc(N)cc1NC(=O)CCO. The van der Waals surface area contributed by atoms with E-state index in [1.807, 2.05) is 0 Å². The Kier molecular flexibility index (Phi) is 3.93. The summed E-state index contributed by atoms with van der Waals surface area (Å²) in [6.45, 7) is -0.184. The predicted molar refractivity (Wildman–Crippen MR) is 57.7 cm³/mol. The third-order valence-electron chi connectivity index (χ3n) is 1.84. The van der Waals surface area contributed by atoms with Gasteiger partial charge in [-0.3, -0.25) is 4.79 Å². The fraction of sp³-hybridized carbons (Fsp3) is 0.300. The Morgan fingerprint density at radius 2 is 2.33 bits per heavy atom.